The van der Waals surface area contributed by atoms with Gasteiger partial charge in [-0.3, -0.25) is 0 Å². The number of benzene rings is 1. The highest BCUT2D eigenvalue weighted by Crippen LogP contribution is 2.42. The Balaban J connectivity index is 1.48. The maximum atomic E-state index is 13.2. The van der Waals surface area contributed by atoms with Crippen molar-refractivity contribution in [2.75, 3.05) is 13.1 Å². The summed E-state index contributed by atoms with van der Waals surface area (Å²) in [6.45, 7) is 2.19. The lowest BCUT2D eigenvalue weighted by Gasteiger charge is -2.40. The molecule has 2 aliphatic heterocycles. The van der Waals surface area contributed by atoms with Gasteiger partial charge in [-0.2, -0.15) is 0 Å². The quantitative estimate of drug-likeness (QED) is 0.871. The summed E-state index contributed by atoms with van der Waals surface area (Å²) in [5, 5.41) is 7.39. The molecule has 2 saturated heterocycles. The zero-order chi connectivity index (χ0) is 14.9. The van der Waals surface area contributed by atoms with Gasteiger partial charge >= 0.3 is 0 Å². The smallest absolute Gasteiger partial charge is 0.123 e. The van der Waals surface area contributed by atoms with E-state index < -0.39 is 0 Å². The lowest BCUT2D eigenvalue weighted by Crippen LogP contribution is -2.50. The predicted octanol–water partition coefficient (Wildman–Crippen LogP) is 3.64. The number of nitrogens with one attached hydrogen (secondary N) is 2. The van der Waals surface area contributed by atoms with Crippen LogP contribution < -0.4 is 10.6 Å². The first kappa shape index (κ1) is 14.6. The van der Waals surface area contributed by atoms with Gasteiger partial charge in [-0.15, -0.1) is 0 Å². The highest BCUT2D eigenvalue weighted by molar-refractivity contribution is 5.24. The molecule has 3 aliphatic rings. The molecule has 0 aromatic heterocycles. The average Bonchev–Trinajstić information content (AvgIpc) is 2.99. The zero-order valence-electron chi connectivity index (χ0n) is 13.2. The lowest BCUT2D eigenvalue weighted by atomic mass is 9.71. The Hall–Kier alpha value is -0.930. The van der Waals surface area contributed by atoms with Crippen molar-refractivity contribution < 1.29 is 4.39 Å². The van der Waals surface area contributed by atoms with Gasteiger partial charge in [-0.25, -0.2) is 4.39 Å². The summed E-state index contributed by atoms with van der Waals surface area (Å²) >= 11 is 0. The summed E-state index contributed by atoms with van der Waals surface area (Å²) in [7, 11) is 0. The minimum atomic E-state index is -0.131. The third-order valence-electron chi connectivity index (χ3n) is 6.29. The Kier molecular flexibility index (Phi) is 4.19. The van der Waals surface area contributed by atoms with E-state index in [4.69, 9.17) is 0 Å². The maximum Gasteiger partial charge on any atom is 0.123 e. The minimum Gasteiger partial charge on any atom is -0.301 e. The van der Waals surface area contributed by atoms with Gasteiger partial charge < -0.3 is 10.6 Å². The summed E-state index contributed by atoms with van der Waals surface area (Å²) in [6.07, 6.45) is 8.93. The van der Waals surface area contributed by atoms with E-state index in [1.165, 1.54) is 50.6 Å². The summed E-state index contributed by atoms with van der Waals surface area (Å²) in [6, 6.07) is 7.18. The van der Waals surface area contributed by atoms with E-state index in [9.17, 15) is 4.39 Å². The molecule has 3 heteroatoms. The normalized spacial score (nSPS) is 36.2. The van der Waals surface area contributed by atoms with Gasteiger partial charge in [0.1, 0.15) is 5.82 Å². The first-order chi connectivity index (χ1) is 10.8. The molecule has 0 spiro atoms. The first-order valence-corrected chi connectivity index (χ1v) is 9.03. The molecule has 0 bridgehead atoms. The molecule has 4 atom stereocenters. The molecule has 4 unspecified atom stereocenters. The zero-order valence-corrected chi connectivity index (χ0v) is 13.2. The lowest BCUT2D eigenvalue weighted by molar-refractivity contribution is 0.142. The molecular formula is C19H27FN2. The summed E-state index contributed by atoms with van der Waals surface area (Å²) in [4.78, 5) is 0. The van der Waals surface area contributed by atoms with Gasteiger partial charge in [-0.1, -0.05) is 44.2 Å². The Labute approximate surface area is 132 Å². The Morgan fingerprint density at radius 1 is 0.864 bits per heavy atom. The SMILES string of the molecule is Fc1ccc(C2CNC3NCC(C4CCCCC4)CC32)cc1. The molecule has 4 rings (SSSR count). The highest BCUT2D eigenvalue weighted by atomic mass is 19.1. The van der Waals surface area contributed by atoms with Crippen LogP contribution in [0, 0.1) is 23.6 Å². The van der Waals surface area contributed by atoms with Crippen molar-refractivity contribution >= 4 is 0 Å². The Morgan fingerprint density at radius 2 is 1.59 bits per heavy atom. The summed E-state index contributed by atoms with van der Waals surface area (Å²) < 4.78 is 13.2. The van der Waals surface area contributed by atoms with Crippen LogP contribution in [0.4, 0.5) is 4.39 Å². The fraction of sp³-hybridized carbons (Fsp3) is 0.684. The molecule has 3 fully saturated rings. The molecule has 0 amide bonds. The van der Waals surface area contributed by atoms with Gasteiger partial charge in [0.05, 0.1) is 6.17 Å². The molecule has 2 heterocycles. The van der Waals surface area contributed by atoms with E-state index in [1.54, 1.807) is 12.1 Å². The van der Waals surface area contributed by atoms with Gasteiger partial charge in [0.2, 0.25) is 0 Å². The molecule has 2 N–H and O–H groups in total. The average molecular weight is 302 g/mol. The van der Waals surface area contributed by atoms with Gasteiger partial charge in [0.15, 0.2) is 0 Å². The van der Waals surface area contributed by atoms with Crippen molar-refractivity contribution in [1.29, 1.82) is 0 Å². The van der Waals surface area contributed by atoms with Gasteiger partial charge in [0.25, 0.3) is 0 Å². The number of fused-ring (bicyclic) bond motifs is 1. The molecule has 1 aromatic rings. The molecule has 1 saturated carbocycles. The third kappa shape index (κ3) is 2.81. The maximum absolute atomic E-state index is 13.2. The first-order valence-electron chi connectivity index (χ1n) is 9.03. The van der Waals surface area contributed by atoms with Crippen molar-refractivity contribution in [2.24, 2.45) is 17.8 Å². The largest absolute Gasteiger partial charge is 0.301 e. The van der Waals surface area contributed by atoms with Crippen molar-refractivity contribution in [2.45, 2.75) is 50.6 Å². The second-order valence-electron chi connectivity index (χ2n) is 7.51. The van der Waals surface area contributed by atoms with Crippen LogP contribution in [0.15, 0.2) is 24.3 Å². The van der Waals surface area contributed by atoms with Crippen LogP contribution in [0.5, 0.6) is 0 Å². The highest BCUT2D eigenvalue weighted by Gasteiger charge is 2.42. The molecule has 2 nitrogen and oxygen atoms in total. The summed E-state index contributed by atoms with van der Waals surface area (Å²) in [5.74, 6) is 2.82. The number of rotatable bonds is 2. The monoisotopic (exact) mass is 302 g/mol. The van der Waals surface area contributed by atoms with Crippen LogP contribution >= 0.6 is 0 Å². The third-order valence-corrected chi connectivity index (χ3v) is 6.29. The van der Waals surface area contributed by atoms with Gasteiger partial charge in [0, 0.05) is 12.5 Å². The van der Waals surface area contributed by atoms with Crippen LogP contribution in [-0.2, 0) is 0 Å². The Morgan fingerprint density at radius 3 is 2.36 bits per heavy atom. The van der Waals surface area contributed by atoms with Crippen LogP contribution in [0.2, 0.25) is 0 Å². The van der Waals surface area contributed by atoms with E-state index in [2.05, 4.69) is 10.6 Å². The topological polar surface area (TPSA) is 24.1 Å². The molecule has 1 aliphatic carbocycles. The van der Waals surface area contributed by atoms with Crippen LogP contribution in [0.3, 0.4) is 0 Å². The van der Waals surface area contributed by atoms with Crippen LogP contribution in [-0.4, -0.2) is 19.3 Å². The van der Waals surface area contributed by atoms with Gasteiger partial charge in [-0.05, 0) is 48.4 Å². The predicted molar refractivity (Wildman–Crippen MR) is 87.1 cm³/mol. The van der Waals surface area contributed by atoms with E-state index in [0.717, 1.165) is 18.4 Å². The second kappa shape index (κ2) is 6.29. The fourth-order valence-electron chi connectivity index (χ4n) is 5.06. The van der Waals surface area contributed by atoms with E-state index in [-0.39, 0.29) is 5.82 Å². The molecule has 22 heavy (non-hydrogen) atoms. The minimum absolute atomic E-state index is 0.131. The van der Waals surface area contributed by atoms with E-state index in [1.807, 2.05) is 12.1 Å². The van der Waals surface area contributed by atoms with E-state index in [0.29, 0.717) is 18.0 Å². The van der Waals surface area contributed by atoms with Crippen LogP contribution in [0.1, 0.15) is 50.0 Å². The van der Waals surface area contributed by atoms with Crippen molar-refractivity contribution in [3.05, 3.63) is 35.6 Å². The van der Waals surface area contributed by atoms with Crippen LogP contribution in [0.25, 0.3) is 0 Å². The van der Waals surface area contributed by atoms with Crippen molar-refractivity contribution in [3.63, 3.8) is 0 Å². The molecular weight excluding hydrogens is 275 g/mol. The number of hydrogen-bond donors (Lipinski definition) is 2. The van der Waals surface area contributed by atoms with E-state index >= 15 is 0 Å². The molecule has 0 radical (unpaired) electrons. The van der Waals surface area contributed by atoms with Crippen molar-refractivity contribution in [3.8, 4) is 0 Å². The van der Waals surface area contributed by atoms with Crippen molar-refractivity contribution in [1.82, 2.24) is 10.6 Å². The molecule has 1 aromatic carbocycles. The Bertz CT molecular complexity index is 495. The molecule has 120 valence electrons. The number of halogens is 1. The number of piperidine rings is 1. The fourth-order valence-corrected chi connectivity index (χ4v) is 5.06. The number of hydrogen-bond acceptors (Lipinski definition) is 2. The standard InChI is InChI=1S/C19H27FN2/c20-16-8-6-14(7-9-16)18-12-22-19-17(18)10-15(11-21-19)13-4-2-1-3-5-13/h6-9,13,15,17-19,21-22H,1-5,10-12H2. The summed E-state index contributed by atoms with van der Waals surface area (Å²) in [5.41, 5.74) is 1.30. The second-order valence-corrected chi connectivity index (χ2v) is 7.51.